The van der Waals surface area contributed by atoms with E-state index in [0.29, 0.717) is 23.6 Å². The summed E-state index contributed by atoms with van der Waals surface area (Å²) in [5, 5.41) is 3.41. The van der Waals surface area contributed by atoms with Gasteiger partial charge in [-0.3, -0.25) is 0 Å². The summed E-state index contributed by atoms with van der Waals surface area (Å²) in [5.74, 6) is -0.0125. The number of rotatable bonds is 3. The lowest BCUT2D eigenvalue weighted by molar-refractivity contribution is 0.532. The van der Waals surface area contributed by atoms with Crippen LogP contribution in [0.1, 0.15) is 12.0 Å². The summed E-state index contributed by atoms with van der Waals surface area (Å²) >= 11 is 5.64. The molecule has 0 saturated carbocycles. The van der Waals surface area contributed by atoms with E-state index >= 15 is 0 Å². The van der Waals surface area contributed by atoms with E-state index in [1.54, 1.807) is 12.1 Å². The van der Waals surface area contributed by atoms with Crippen LogP contribution >= 0.6 is 11.6 Å². The van der Waals surface area contributed by atoms with E-state index in [1.165, 1.54) is 6.07 Å². The molecule has 1 aromatic rings. The summed E-state index contributed by atoms with van der Waals surface area (Å²) in [4.78, 5) is 0. The Kier molecular flexibility index (Phi) is 3.70. The van der Waals surface area contributed by atoms with Crippen molar-refractivity contribution in [3.63, 3.8) is 0 Å². The minimum Gasteiger partial charge on any atom is -0.309 e. The number of hydrogen-bond acceptors (Lipinski definition) is 3. The lowest BCUT2D eigenvalue weighted by Gasteiger charge is -2.11. The number of sulfone groups is 1. The molecule has 0 radical (unpaired) electrons. The van der Waals surface area contributed by atoms with Gasteiger partial charge in [0.05, 0.1) is 11.5 Å². The fourth-order valence-electron chi connectivity index (χ4n) is 1.88. The Morgan fingerprint density at radius 3 is 2.82 bits per heavy atom. The van der Waals surface area contributed by atoms with Crippen molar-refractivity contribution in [1.82, 2.24) is 5.32 Å². The zero-order valence-corrected chi connectivity index (χ0v) is 10.7. The van der Waals surface area contributed by atoms with Gasteiger partial charge in [-0.15, -0.1) is 0 Å². The zero-order valence-electron chi connectivity index (χ0n) is 9.12. The van der Waals surface area contributed by atoms with Crippen LogP contribution in [0.5, 0.6) is 0 Å². The van der Waals surface area contributed by atoms with Gasteiger partial charge in [0.1, 0.15) is 5.82 Å². The van der Waals surface area contributed by atoms with E-state index in [9.17, 15) is 12.8 Å². The van der Waals surface area contributed by atoms with Gasteiger partial charge in [-0.2, -0.15) is 0 Å². The highest BCUT2D eigenvalue weighted by atomic mass is 35.5. The predicted octanol–water partition coefficient (Wildman–Crippen LogP) is 1.76. The highest BCUT2D eigenvalue weighted by Gasteiger charge is 2.27. The monoisotopic (exact) mass is 277 g/mol. The molecular formula is C11H13ClFNO2S. The summed E-state index contributed by atoms with van der Waals surface area (Å²) in [7, 11) is -2.89. The van der Waals surface area contributed by atoms with E-state index in [2.05, 4.69) is 5.32 Å². The SMILES string of the molecule is O=S1(=O)CCC(NCc2ccc(Cl)cc2F)C1. The van der Waals surface area contributed by atoms with Gasteiger partial charge in [-0.25, -0.2) is 12.8 Å². The summed E-state index contributed by atoms with van der Waals surface area (Å²) in [5.41, 5.74) is 0.499. The van der Waals surface area contributed by atoms with Crippen LogP contribution in [0.25, 0.3) is 0 Å². The standard InChI is InChI=1S/C11H13ClFNO2S/c12-9-2-1-8(11(13)5-9)6-14-10-3-4-17(15,16)7-10/h1-2,5,10,14H,3-4,6-7H2. The van der Waals surface area contributed by atoms with E-state index in [1.807, 2.05) is 0 Å². The van der Waals surface area contributed by atoms with E-state index in [-0.39, 0.29) is 23.4 Å². The van der Waals surface area contributed by atoms with Crippen molar-refractivity contribution in [3.8, 4) is 0 Å². The highest BCUT2D eigenvalue weighted by molar-refractivity contribution is 7.91. The van der Waals surface area contributed by atoms with E-state index in [0.717, 1.165) is 0 Å². The van der Waals surface area contributed by atoms with Crippen LogP contribution in [0.4, 0.5) is 4.39 Å². The van der Waals surface area contributed by atoms with Crippen LogP contribution in [0.2, 0.25) is 5.02 Å². The minimum atomic E-state index is -2.89. The molecule has 1 N–H and O–H groups in total. The fraction of sp³-hybridized carbons (Fsp3) is 0.455. The third-order valence-electron chi connectivity index (χ3n) is 2.83. The smallest absolute Gasteiger partial charge is 0.151 e. The molecule has 1 heterocycles. The first-order valence-corrected chi connectivity index (χ1v) is 7.54. The molecule has 0 aliphatic carbocycles. The fourth-order valence-corrected chi connectivity index (χ4v) is 3.74. The molecule has 0 bridgehead atoms. The molecule has 6 heteroatoms. The van der Waals surface area contributed by atoms with Crippen LogP contribution in [0.15, 0.2) is 18.2 Å². The van der Waals surface area contributed by atoms with Gasteiger partial charge in [-0.1, -0.05) is 17.7 Å². The van der Waals surface area contributed by atoms with Gasteiger partial charge in [0.2, 0.25) is 0 Å². The van der Waals surface area contributed by atoms with Crippen LogP contribution in [-0.4, -0.2) is 26.0 Å². The molecule has 17 heavy (non-hydrogen) atoms. The van der Waals surface area contributed by atoms with Crippen molar-refractivity contribution in [3.05, 3.63) is 34.6 Å². The topological polar surface area (TPSA) is 46.2 Å². The van der Waals surface area contributed by atoms with Crippen molar-refractivity contribution < 1.29 is 12.8 Å². The summed E-state index contributed by atoms with van der Waals surface area (Å²) in [6.07, 6.45) is 0.595. The van der Waals surface area contributed by atoms with Gasteiger partial charge in [0.25, 0.3) is 0 Å². The maximum absolute atomic E-state index is 13.4. The molecule has 1 aliphatic heterocycles. The second-order valence-corrected chi connectivity index (χ2v) is 6.88. The molecule has 1 atom stereocenters. The lowest BCUT2D eigenvalue weighted by atomic mass is 10.2. The van der Waals surface area contributed by atoms with Crippen molar-refractivity contribution in [2.24, 2.45) is 0 Å². The van der Waals surface area contributed by atoms with Crippen LogP contribution in [0, 0.1) is 5.82 Å². The largest absolute Gasteiger partial charge is 0.309 e. The predicted molar refractivity (Wildman–Crippen MR) is 65.3 cm³/mol. The van der Waals surface area contributed by atoms with Crippen LogP contribution < -0.4 is 5.32 Å². The number of hydrogen-bond donors (Lipinski definition) is 1. The first kappa shape index (κ1) is 12.8. The van der Waals surface area contributed by atoms with E-state index in [4.69, 9.17) is 11.6 Å². The van der Waals surface area contributed by atoms with Crippen molar-refractivity contribution in [2.45, 2.75) is 19.0 Å². The second kappa shape index (κ2) is 4.92. The van der Waals surface area contributed by atoms with Gasteiger partial charge in [0, 0.05) is 23.2 Å². The molecule has 94 valence electrons. The number of benzene rings is 1. The highest BCUT2D eigenvalue weighted by Crippen LogP contribution is 2.16. The zero-order chi connectivity index (χ0) is 12.5. The van der Waals surface area contributed by atoms with E-state index < -0.39 is 9.84 Å². The van der Waals surface area contributed by atoms with Crippen molar-refractivity contribution in [2.75, 3.05) is 11.5 Å². The molecular weight excluding hydrogens is 265 g/mol. The first-order valence-electron chi connectivity index (χ1n) is 5.34. The maximum Gasteiger partial charge on any atom is 0.151 e. The van der Waals surface area contributed by atoms with Crippen molar-refractivity contribution >= 4 is 21.4 Å². The Morgan fingerprint density at radius 1 is 1.47 bits per heavy atom. The molecule has 0 spiro atoms. The third-order valence-corrected chi connectivity index (χ3v) is 4.83. The number of nitrogens with one attached hydrogen (secondary N) is 1. The molecule has 0 amide bonds. The Morgan fingerprint density at radius 2 is 2.24 bits per heavy atom. The summed E-state index contributed by atoms with van der Waals surface area (Å²) in [6.45, 7) is 0.323. The molecule has 3 nitrogen and oxygen atoms in total. The second-order valence-electron chi connectivity index (χ2n) is 4.22. The van der Waals surface area contributed by atoms with Crippen LogP contribution in [-0.2, 0) is 16.4 Å². The Bertz CT molecular complexity index is 518. The van der Waals surface area contributed by atoms with Gasteiger partial charge in [-0.05, 0) is 18.6 Å². The quantitative estimate of drug-likeness (QED) is 0.916. The molecule has 1 aromatic carbocycles. The molecule has 0 aromatic heterocycles. The molecule has 1 unspecified atom stereocenters. The third kappa shape index (κ3) is 3.40. The molecule has 1 saturated heterocycles. The van der Waals surface area contributed by atoms with Crippen molar-refractivity contribution in [1.29, 1.82) is 0 Å². The van der Waals surface area contributed by atoms with Gasteiger partial charge < -0.3 is 5.32 Å². The Balaban J connectivity index is 1.95. The minimum absolute atomic E-state index is 0.0740. The summed E-state index contributed by atoms with van der Waals surface area (Å²) < 4.78 is 35.9. The average molecular weight is 278 g/mol. The van der Waals surface area contributed by atoms with Gasteiger partial charge in [0.15, 0.2) is 9.84 Å². The molecule has 2 rings (SSSR count). The van der Waals surface area contributed by atoms with Crippen LogP contribution in [0.3, 0.4) is 0 Å². The Labute approximate surface area is 105 Å². The Hall–Kier alpha value is -0.650. The first-order chi connectivity index (χ1) is 7.96. The summed E-state index contributed by atoms with van der Waals surface area (Å²) in [6, 6.07) is 4.40. The maximum atomic E-state index is 13.4. The average Bonchev–Trinajstić information content (AvgIpc) is 2.57. The normalized spacial score (nSPS) is 22.8. The number of halogens is 2. The molecule has 1 fully saturated rings. The molecule has 1 aliphatic rings. The van der Waals surface area contributed by atoms with Gasteiger partial charge >= 0.3 is 0 Å². The lowest BCUT2D eigenvalue weighted by Crippen LogP contribution is -2.29.